The fraction of sp³-hybridized carbons (Fsp3) is 0.750. The van der Waals surface area contributed by atoms with Gasteiger partial charge in [0.05, 0.1) is 5.71 Å². The predicted octanol–water partition coefficient (Wildman–Crippen LogP) is 0.218. The lowest BCUT2D eigenvalue weighted by molar-refractivity contribution is 0.176. The van der Waals surface area contributed by atoms with Crippen LogP contribution in [-0.4, -0.2) is 36.9 Å². The highest BCUT2D eigenvalue weighted by Gasteiger charge is 2.35. The maximum atomic E-state index is 8.22. The first-order chi connectivity index (χ1) is 5.90. The fourth-order valence-electron chi connectivity index (χ4n) is 1.85. The van der Waals surface area contributed by atoms with Crippen LogP contribution in [0.4, 0.5) is 0 Å². The molecule has 0 aromatic carbocycles. The van der Waals surface area contributed by atoms with E-state index in [2.05, 4.69) is 10.1 Å². The third-order valence-corrected chi connectivity index (χ3v) is 2.44. The molecule has 12 heavy (non-hydrogen) atoms. The first-order valence-corrected chi connectivity index (χ1v) is 4.18. The number of hydrogen-bond donors (Lipinski definition) is 0. The summed E-state index contributed by atoms with van der Waals surface area (Å²) in [5.41, 5.74) is 1.12. The third kappa shape index (κ3) is 1.28. The van der Waals surface area contributed by atoms with Gasteiger partial charge in [0.1, 0.15) is 6.07 Å². The van der Waals surface area contributed by atoms with E-state index in [1.165, 1.54) is 13.0 Å². The average Bonchev–Trinajstić information content (AvgIpc) is 2.65. The number of hydrogen-bond acceptors (Lipinski definition) is 4. The van der Waals surface area contributed by atoms with Crippen molar-refractivity contribution >= 4 is 5.71 Å². The van der Waals surface area contributed by atoms with Gasteiger partial charge in [0, 0.05) is 19.0 Å². The van der Waals surface area contributed by atoms with Crippen LogP contribution in [0.5, 0.6) is 0 Å². The first kappa shape index (κ1) is 7.56. The number of nitriles is 1. The summed E-state index contributed by atoms with van der Waals surface area (Å²) in [6.07, 6.45) is 1.20. The molecule has 2 atom stereocenters. The molecule has 0 N–H and O–H groups in total. The minimum absolute atomic E-state index is 0.0657. The normalized spacial score (nSPS) is 35.4. The Labute approximate surface area is 71.4 Å². The Morgan fingerprint density at radius 1 is 1.75 bits per heavy atom. The van der Waals surface area contributed by atoms with Crippen molar-refractivity contribution in [2.75, 3.05) is 26.2 Å². The highest BCUT2D eigenvalue weighted by Crippen LogP contribution is 2.25. The molecular formula is C8H11N3O. The maximum Gasteiger partial charge on any atom is 0.202 e. The number of fused-ring (bicyclic) bond motifs is 2. The van der Waals surface area contributed by atoms with Crippen molar-refractivity contribution in [3.05, 3.63) is 0 Å². The molecule has 0 aromatic rings. The zero-order chi connectivity index (χ0) is 8.39. The zero-order valence-electron chi connectivity index (χ0n) is 6.86. The van der Waals surface area contributed by atoms with Crippen molar-refractivity contribution < 1.29 is 4.84 Å². The van der Waals surface area contributed by atoms with Crippen molar-refractivity contribution in [3.8, 4) is 6.07 Å². The van der Waals surface area contributed by atoms with Crippen molar-refractivity contribution in [1.29, 1.82) is 5.26 Å². The van der Waals surface area contributed by atoms with Crippen LogP contribution in [-0.2, 0) is 4.84 Å². The van der Waals surface area contributed by atoms with Crippen LogP contribution in [0.2, 0.25) is 0 Å². The van der Waals surface area contributed by atoms with Crippen LogP contribution < -0.4 is 0 Å². The number of oxime groups is 1. The Kier molecular flexibility index (Phi) is 1.96. The molecule has 2 aliphatic heterocycles. The highest BCUT2D eigenvalue weighted by molar-refractivity contribution is 5.91. The molecule has 2 heterocycles. The van der Waals surface area contributed by atoms with Crippen LogP contribution in [0.15, 0.2) is 5.16 Å². The second-order valence-electron chi connectivity index (χ2n) is 3.23. The first-order valence-electron chi connectivity index (χ1n) is 4.18. The van der Waals surface area contributed by atoms with E-state index in [1.807, 2.05) is 6.07 Å². The Balaban J connectivity index is 1.90. The summed E-state index contributed by atoms with van der Waals surface area (Å²) in [5, 5.41) is 12.2. The fourth-order valence-corrected chi connectivity index (χ4v) is 1.85. The second-order valence-corrected chi connectivity index (χ2v) is 3.23. The molecule has 4 nitrogen and oxygen atoms in total. The monoisotopic (exact) mass is 165 g/mol. The Bertz CT molecular complexity index is 243. The molecule has 2 aliphatic rings. The molecule has 0 radical (unpaired) electrons. The van der Waals surface area contributed by atoms with Crippen molar-refractivity contribution in [2.45, 2.75) is 6.42 Å². The maximum absolute atomic E-state index is 8.22. The predicted molar refractivity (Wildman–Crippen MR) is 43.5 cm³/mol. The molecule has 64 valence electrons. The van der Waals surface area contributed by atoms with Crippen LogP contribution in [0.1, 0.15) is 6.42 Å². The van der Waals surface area contributed by atoms with Gasteiger partial charge < -0.3 is 4.84 Å². The van der Waals surface area contributed by atoms with E-state index >= 15 is 0 Å². The number of nitrogens with zero attached hydrogens (tertiary/aromatic N) is 3. The summed E-state index contributed by atoms with van der Waals surface area (Å²) in [4.78, 5) is 7.18. The van der Waals surface area contributed by atoms with Crippen molar-refractivity contribution in [3.63, 3.8) is 0 Å². The summed E-state index contributed by atoms with van der Waals surface area (Å²) in [6, 6.07) is 1.89. The van der Waals surface area contributed by atoms with Gasteiger partial charge in [0.2, 0.25) is 6.61 Å². The molecule has 4 heteroatoms. The summed E-state index contributed by atoms with van der Waals surface area (Å²) >= 11 is 0. The van der Waals surface area contributed by atoms with E-state index in [0.29, 0.717) is 5.92 Å². The quantitative estimate of drug-likeness (QED) is 0.434. The van der Waals surface area contributed by atoms with Crippen molar-refractivity contribution in [1.82, 2.24) is 4.90 Å². The topological polar surface area (TPSA) is 48.6 Å². The van der Waals surface area contributed by atoms with Gasteiger partial charge in [-0.3, -0.25) is 4.90 Å². The molecule has 2 rings (SSSR count). The summed E-state index contributed by atoms with van der Waals surface area (Å²) in [6.45, 7) is 3.34. The minimum Gasteiger partial charge on any atom is -0.380 e. The molecule has 0 spiro atoms. The van der Waals surface area contributed by atoms with E-state index in [4.69, 9.17) is 10.1 Å². The molecule has 0 aliphatic carbocycles. The van der Waals surface area contributed by atoms with Gasteiger partial charge in [-0.05, 0) is 13.0 Å². The van der Waals surface area contributed by atoms with Gasteiger partial charge in [-0.15, -0.1) is 0 Å². The lowest BCUT2D eigenvalue weighted by Crippen LogP contribution is -2.23. The standard InChI is InChI=1S/C8H11N3O/c9-2-4-12-10-8-6-11-3-1-7(8)5-11/h7H,1,3-6H2. The second kappa shape index (κ2) is 3.11. The molecule has 2 fully saturated rings. The summed E-state index contributed by atoms with van der Waals surface area (Å²) in [5.74, 6) is 0.601. The zero-order valence-corrected chi connectivity index (χ0v) is 6.86. The van der Waals surface area contributed by atoms with Gasteiger partial charge in [-0.2, -0.15) is 5.26 Å². The number of piperidine rings is 1. The van der Waals surface area contributed by atoms with Gasteiger partial charge in [-0.1, -0.05) is 5.16 Å². The van der Waals surface area contributed by atoms with E-state index in [9.17, 15) is 0 Å². The summed E-state index contributed by atoms with van der Waals surface area (Å²) < 4.78 is 0. The van der Waals surface area contributed by atoms with Crippen LogP contribution in [0.25, 0.3) is 0 Å². The van der Waals surface area contributed by atoms with E-state index in [0.717, 1.165) is 18.8 Å². The minimum atomic E-state index is 0.0657. The highest BCUT2D eigenvalue weighted by atomic mass is 16.6. The molecule has 2 unspecified atom stereocenters. The largest absolute Gasteiger partial charge is 0.380 e. The molecule has 2 bridgehead atoms. The van der Waals surface area contributed by atoms with Gasteiger partial charge in [0.15, 0.2) is 0 Å². The lowest BCUT2D eigenvalue weighted by Gasteiger charge is -2.12. The van der Waals surface area contributed by atoms with Gasteiger partial charge in [-0.25, -0.2) is 0 Å². The van der Waals surface area contributed by atoms with E-state index in [1.54, 1.807) is 0 Å². The van der Waals surface area contributed by atoms with Crippen LogP contribution in [0.3, 0.4) is 0 Å². The Morgan fingerprint density at radius 3 is 3.25 bits per heavy atom. The van der Waals surface area contributed by atoms with Gasteiger partial charge >= 0.3 is 0 Å². The van der Waals surface area contributed by atoms with E-state index < -0.39 is 0 Å². The Morgan fingerprint density at radius 2 is 2.67 bits per heavy atom. The SMILES string of the molecule is N#CCON=C1CN2CCC1C2. The molecule has 2 saturated heterocycles. The van der Waals surface area contributed by atoms with Crippen molar-refractivity contribution in [2.24, 2.45) is 11.1 Å². The summed E-state index contributed by atoms with van der Waals surface area (Å²) in [7, 11) is 0. The van der Waals surface area contributed by atoms with Gasteiger partial charge in [0.25, 0.3) is 0 Å². The van der Waals surface area contributed by atoms with E-state index in [-0.39, 0.29) is 6.61 Å². The molecule has 0 amide bonds. The average molecular weight is 165 g/mol. The Hall–Kier alpha value is -1.08. The molecular weight excluding hydrogens is 154 g/mol. The van der Waals surface area contributed by atoms with Crippen LogP contribution in [0, 0.1) is 17.2 Å². The lowest BCUT2D eigenvalue weighted by atomic mass is 10.0. The third-order valence-electron chi connectivity index (χ3n) is 2.44. The smallest absolute Gasteiger partial charge is 0.202 e. The van der Waals surface area contributed by atoms with Crippen LogP contribution >= 0.6 is 0 Å². The number of rotatable bonds is 2. The molecule has 0 saturated carbocycles. The molecule has 0 aromatic heterocycles.